The number of amides is 2. The monoisotopic (exact) mass is 559 g/mol. The maximum Gasteiger partial charge on any atom is 0.274 e. The first-order valence-corrected chi connectivity index (χ1v) is 12.2. The van der Waals surface area contributed by atoms with Gasteiger partial charge in [-0.25, -0.2) is 18.7 Å². The molecule has 1 saturated heterocycles. The quantitative estimate of drug-likeness (QED) is 0.421. The van der Waals surface area contributed by atoms with Gasteiger partial charge in [0.25, 0.3) is 11.8 Å². The molecule has 1 aromatic heterocycles. The average Bonchev–Trinajstić information content (AvgIpc) is 2.86. The van der Waals surface area contributed by atoms with E-state index in [1.165, 1.54) is 30.5 Å². The molecular formula is C25H24BrF2N5O3. The minimum Gasteiger partial charge on any atom is -0.394 e. The number of carbonyl (C=O) groups is 2. The molecule has 2 aromatic carbocycles. The van der Waals surface area contributed by atoms with E-state index in [0.29, 0.717) is 23.1 Å². The highest BCUT2D eigenvalue weighted by atomic mass is 79.9. The molecule has 4 N–H and O–H groups in total. The Hall–Kier alpha value is -3.44. The third-order valence-electron chi connectivity index (χ3n) is 5.93. The summed E-state index contributed by atoms with van der Waals surface area (Å²) in [4.78, 5) is 35.6. The average molecular weight is 560 g/mol. The lowest BCUT2D eigenvalue weighted by atomic mass is 10.0. The number of likely N-dealkylation sites (tertiary alicyclic amines) is 1. The number of anilines is 1. The lowest BCUT2D eigenvalue weighted by Crippen LogP contribution is -2.36. The van der Waals surface area contributed by atoms with Gasteiger partial charge in [-0.1, -0.05) is 22.0 Å². The smallest absolute Gasteiger partial charge is 0.274 e. The molecule has 36 heavy (non-hydrogen) atoms. The largest absolute Gasteiger partial charge is 0.394 e. The Bertz CT molecular complexity index is 1280. The minimum absolute atomic E-state index is 0.0128. The van der Waals surface area contributed by atoms with Crippen LogP contribution in [-0.4, -0.2) is 51.5 Å². The number of rotatable bonds is 6. The van der Waals surface area contributed by atoms with E-state index in [0.717, 1.165) is 25.3 Å². The third kappa shape index (κ3) is 5.68. The van der Waals surface area contributed by atoms with E-state index in [4.69, 9.17) is 5.73 Å². The maximum atomic E-state index is 15.0. The van der Waals surface area contributed by atoms with Crippen molar-refractivity contribution in [3.8, 4) is 11.3 Å². The Labute approximate surface area is 214 Å². The lowest BCUT2D eigenvalue weighted by Gasteiger charge is -2.26. The molecule has 0 bridgehead atoms. The van der Waals surface area contributed by atoms with Crippen LogP contribution in [0.15, 0.2) is 47.1 Å². The van der Waals surface area contributed by atoms with Gasteiger partial charge in [0.1, 0.15) is 28.8 Å². The number of nitrogens with two attached hydrogens (primary N) is 1. The van der Waals surface area contributed by atoms with Crippen LogP contribution < -0.4 is 11.1 Å². The summed E-state index contributed by atoms with van der Waals surface area (Å²) in [6.45, 7) is 0.755. The number of aromatic nitrogens is 2. The van der Waals surface area contributed by atoms with E-state index < -0.39 is 30.2 Å². The zero-order valence-corrected chi connectivity index (χ0v) is 20.8. The molecule has 1 aliphatic heterocycles. The summed E-state index contributed by atoms with van der Waals surface area (Å²) in [5.74, 6) is -2.47. The van der Waals surface area contributed by atoms with Crippen molar-refractivity contribution >= 4 is 33.6 Å². The summed E-state index contributed by atoms with van der Waals surface area (Å²) < 4.78 is 29.2. The zero-order chi connectivity index (χ0) is 25.8. The molecule has 0 saturated carbocycles. The lowest BCUT2D eigenvalue weighted by molar-refractivity contribution is 0.0718. The van der Waals surface area contributed by atoms with Gasteiger partial charge in [0, 0.05) is 23.1 Å². The number of aliphatic hydroxyl groups excluding tert-OH is 1. The van der Waals surface area contributed by atoms with E-state index in [-0.39, 0.29) is 34.2 Å². The molecule has 4 rings (SSSR count). The maximum absolute atomic E-state index is 15.0. The summed E-state index contributed by atoms with van der Waals surface area (Å²) in [5.41, 5.74) is 6.46. The second kappa shape index (κ2) is 11.1. The summed E-state index contributed by atoms with van der Waals surface area (Å²) >= 11 is 3.17. The van der Waals surface area contributed by atoms with Gasteiger partial charge in [0.05, 0.1) is 24.4 Å². The molecule has 0 aliphatic carbocycles. The fourth-order valence-electron chi connectivity index (χ4n) is 4.07. The van der Waals surface area contributed by atoms with Crippen molar-refractivity contribution in [3.63, 3.8) is 0 Å². The molecule has 11 heteroatoms. The standard InChI is InChI=1S/C25H24BrF2N5O3/c26-16-8-15(9-17(27)11-16)21(13-34)32-24(35)18-5-4-14(10-19(18)28)22-23(29)30-12-20(31-22)25(36)33-6-2-1-3-7-33/h4-5,8-12,21,34H,1-3,6-7,13H2,(H2,29,30)(H,32,35)/t21-/m1/s1. The highest BCUT2D eigenvalue weighted by Gasteiger charge is 2.23. The molecule has 2 amide bonds. The SMILES string of the molecule is Nc1ncc(C(=O)N2CCCCC2)nc1-c1ccc(C(=O)N[C@H](CO)c2cc(F)cc(Br)c2)c(F)c1. The van der Waals surface area contributed by atoms with Crippen LogP contribution in [-0.2, 0) is 0 Å². The van der Waals surface area contributed by atoms with Gasteiger partial charge in [0.2, 0.25) is 0 Å². The Morgan fingerprint density at radius 2 is 1.89 bits per heavy atom. The van der Waals surface area contributed by atoms with Crippen molar-refractivity contribution in [2.45, 2.75) is 25.3 Å². The summed E-state index contributed by atoms with van der Waals surface area (Å²) in [6.07, 6.45) is 4.21. The van der Waals surface area contributed by atoms with E-state index in [1.807, 2.05) is 0 Å². The van der Waals surface area contributed by atoms with E-state index in [9.17, 15) is 23.5 Å². The van der Waals surface area contributed by atoms with Crippen LogP contribution in [0.25, 0.3) is 11.3 Å². The highest BCUT2D eigenvalue weighted by molar-refractivity contribution is 9.10. The Balaban J connectivity index is 1.56. The second-order valence-electron chi connectivity index (χ2n) is 8.45. The molecule has 188 valence electrons. The number of hydrogen-bond donors (Lipinski definition) is 3. The predicted octanol–water partition coefficient (Wildman–Crippen LogP) is 3.86. The number of piperidine rings is 1. The van der Waals surface area contributed by atoms with Crippen molar-refractivity contribution in [1.82, 2.24) is 20.2 Å². The zero-order valence-electron chi connectivity index (χ0n) is 19.2. The molecule has 3 aromatic rings. The topological polar surface area (TPSA) is 121 Å². The predicted molar refractivity (Wildman–Crippen MR) is 133 cm³/mol. The van der Waals surface area contributed by atoms with Crippen LogP contribution in [0.1, 0.15) is 51.7 Å². The van der Waals surface area contributed by atoms with Gasteiger partial charge in [-0.15, -0.1) is 0 Å². The molecule has 0 unspecified atom stereocenters. The molecule has 1 fully saturated rings. The van der Waals surface area contributed by atoms with Crippen molar-refractivity contribution in [2.75, 3.05) is 25.4 Å². The van der Waals surface area contributed by atoms with Gasteiger partial charge < -0.3 is 21.1 Å². The Morgan fingerprint density at radius 1 is 1.14 bits per heavy atom. The number of carbonyl (C=O) groups excluding carboxylic acids is 2. The first kappa shape index (κ1) is 25.6. The minimum atomic E-state index is -0.956. The van der Waals surface area contributed by atoms with Crippen LogP contribution >= 0.6 is 15.9 Å². The molecule has 1 aliphatic rings. The van der Waals surface area contributed by atoms with E-state index >= 15 is 0 Å². The van der Waals surface area contributed by atoms with Crippen molar-refractivity contribution in [3.05, 3.63) is 75.5 Å². The number of aliphatic hydroxyl groups is 1. The Morgan fingerprint density at radius 3 is 2.56 bits per heavy atom. The molecule has 8 nitrogen and oxygen atoms in total. The highest BCUT2D eigenvalue weighted by Crippen LogP contribution is 2.26. The van der Waals surface area contributed by atoms with Gasteiger partial charge in [-0.2, -0.15) is 0 Å². The summed E-state index contributed by atoms with van der Waals surface area (Å²) in [6, 6.07) is 6.77. The van der Waals surface area contributed by atoms with E-state index in [1.54, 1.807) is 11.0 Å². The Kier molecular flexibility index (Phi) is 7.90. The van der Waals surface area contributed by atoms with Gasteiger partial charge in [-0.05, 0) is 55.2 Å². The molecule has 0 spiro atoms. The second-order valence-corrected chi connectivity index (χ2v) is 9.36. The number of nitrogen functional groups attached to an aromatic ring is 1. The fraction of sp³-hybridized carbons (Fsp3) is 0.280. The number of halogens is 3. The number of benzene rings is 2. The van der Waals surface area contributed by atoms with Crippen molar-refractivity contribution < 1.29 is 23.5 Å². The molecular weight excluding hydrogens is 536 g/mol. The first-order chi connectivity index (χ1) is 17.3. The van der Waals surface area contributed by atoms with Crippen LogP contribution in [0, 0.1) is 11.6 Å². The number of nitrogens with zero attached hydrogens (tertiary/aromatic N) is 3. The summed E-state index contributed by atoms with van der Waals surface area (Å²) in [7, 11) is 0. The van der Waals surface area contributed by atoms with Crippen LogP contribution in [0.2, 0.25) is 0 Å². The van der Waals surface area contributed by atoms with Crippen LogP contribution in [0.3, 0.4) is 0 Å². The molecule has 1 atom stereocenters. The number of hydrogen-bond acceptors (Lipinski definition) is 6. The van der Waals surface area contributed by atoms with E-state index in [2.05, 4.69) is 31.2 Å². The van der Waals surface area contributed by atoms with Crippen molar-refractivity contribution in [1.29, 1.82) is 0 Å². The van der Waals surface area contributed by atoms with Gasteiger partial charge >= 0.3 is 0 Å². The van der Waals surface area contributed by atoms with Gasteiger partial charge in [-0.3, -0.25) is 9.59 Å². The van der Waals surface area contributed by atoms with Crippen LogP contribution in [0.4, 0.5) is 14.6 Å². The number of nitrogens with one attached hydrogen (secondary N) is 1. The fourth-order valence-corrected chi connectivity index (χ4v) is 4.55. The molecule has 2 heterocycles. The third-order valence-corrected chi connectivity index (χ3v) is 6.38. The first-order valence-electron chi connectivity index (χ1n) is 11.4. The molecule has 0 radical (unpaired) electrons. The van der Waals surface area contributed by atoms with Crippen LogP contribution in [0.5, 0.6) is 0 Å². The summed E-state index contributed by atoms with van der Waals surface area (Å²) in [5, 5.41) is 12.2. The van der Waals surface area contributed by atoms with Gasteiger partial charge in [0.15, 0.2) is 0 Å². The van der Waals surface area contributed by atoms with Crippen molar-refractivity contribution in [2.24, 2.45) is 0 Å². The normalized spacial score (nSPS) is 14.4.